The molecule has 0 saturated heterocycles. The molecule has 3 aromatic carbocycles. The molecule has 130 valence electrons. The van der Waals surface area contributed by atoms with E-state index in [-0.39, 0.29) is 11.8 Å². The predicted molar refractivity (Wildman–Crippen MR) is 102 cm³/mol. The summed E-state index contributed by atoms with van der Waals surface area (Å²) < 4.78 is 5.73. The smallest absolute Gasteiger partial charge is 0.306 e. The Morgan fingerprint density at radius 1 is 0.846 bits per heavy atom. The van der Waals surface area contributed by atoms with Crippen molar-refractivity contribution in [3.8, 4) is 28.0 Å². The topological polar surface area (TPSA) is 46.5 Å². The summed E-state index contributed by atoms with van der Waals surface area (Å²) in [7, 11) is 0. The van der Waals surface area contributed by atoms with Crippen LogP contribution in [0.5, 0.6) is 5.75 Å². The minimum atomic E-state index is -0.716. The Bertz CT molecular complexity index is 900. The maximum atomic E-state index is 10.9. The SMILES string of the molecule is O=C(O)[C@@H]1C[C@H]1COc1ccc(-c2cccc(-c3ccccc3)c2)cc1. The van der Waals surface area contributed by atoms with Crippen LogP contribution in [0.3, 0.4) is 0 Å². The van der Waals surface area contributed by atoms with Gasteiger partial charge >= 0.3 is 5.97 Å². The van der Waals surface area contributed by atoms with Gasteiger partial charge in [-0.3, -0.25) is 4.79 Å². The van der Waals surface area contributed by atoms with Gasteiger partial charge in [-0.05, 0) is 46.9 Å². The van der Waals surface area contributed by atoms with Crippen molar-refractivity contribution in [3.05, 3.63) is 78.9 Å². The van der Waals surface area contributed by atoms with Gasteiger partial charge in [0, 0.05) is 5.92 Å². The highest BCUT2D eigenvalue weighted by Gasteiger charge is 2.43. The Labute approximate surface area is 152 Å². The van der Waals surface area contributed by atoms with E-state index in [9.17, 15) is 4.79 Å². The van der Waals surface area contributed by atoms with Gasteiger partial charge in [-0.25, -0.2) is 0 Å². The predicted octanol–water partition coefficient (Wildman–Crippen LogP) is 5.12. The van der Waals surface area contributed by atoms with Gasteiger partial charge in [-0.1, -0.05) is 60.7 Å². The van der Waals surface area contributed by atoms with Crippen molar-refractivity contribution < 1.29 is 14.6 Å². The van der Waals surface area contributed by atoms with Crippen molar-refractivity contribution in [2.45, 2.75) is 6.42 Å². The lowest BCUT2D eigenvalue weighted by Crippen LogP contribution is -2.06. The Morgan fingerprint density at radius 3 is 2.08 bits per heavy atom. The molecule has 2 atom stereocenters. The minimum absolute atomic E-state index is 0.148. The molecule has 0 heterocycles. The third kappa shape index (κ3) is 3.62. The molecule has 1 fully saturated rings. The van der Waals surface area contributed by atoms with E-state index in [0.717, 1.165) is 23.3 Å². The van der Waals surface area contributed by atoms with E-state index < -0.39 is 5.97 Å². The van der Waals surface area contributed by atoms with Crippen molar-refractivity contribution in [2.24, 2.45) is 11.8 Å². The number of hydrogen-bond acceptors (Lipinski definition) is 2. The Hall–Kier alpha value is -3.07. The summed E-state index contributed by atoms with van der Waals surface area (Å²) in [5, 5.41) is 8.93. The van der Waals surface area contributed by atoms with Crippen LogP contribution in [0, 0.1) is 11.8 Å². The van der Waals surface area contributed by atoms with Gasteiger partial charge in [-0.15, -0.1) is 0 Å². The molecule has 0 bridgehead atoms. The third-order valence-corrected chi connectivity index (χ3v) is 4.86. The summed E-state index contributed by atoms with van der Waals surface area (Å²) >= 11 is 0. The first kappa shape index (κ1) is 16.4. The summed E-state index contributed by atoms with van der Waals surface area (Å²) in [5.41, 5.74) is 4.68. The first-order chi connectivity index (χ1) is 12.7. The van der Waals surface area contributed by atoms with Crippen LogP contribution in [0.15, 0.2) is 78.9 Å². The van der Waals surface area contributed by atoms with Crippen LogP contribution in [0.4, 0.5) is 0 Å². The number of aliphatic carboxylic acids is 1. The molecule has 0 radical (unpaired) electrons. The number of hydrogen-bond donors (Lipinski definition) is 1. The van der Waals surface area contributed by atoms with Crippen molar-refractivity contribution in [1.82, 2.24) is 0 Å². The average molecular weight is 344 g/mol. The number of ether oxygens (including phenoxy) is 1. The molecular formula is C23H20O3. The molecule has 3 aromatic rings. The van der Waals surface area contributed by atoms with Gasteiger partial charge in [0.15, 0.2) is 0 Å². The van der Waals surface area contributed by atoms with E-state index in [2.05, 4.69) is 36.4 Å². The fourth-order valence-electron chi connectivity index (χ4n) is 3.19. The lowest BCUT2D eigenvalue weighted by molar-refractivity contribution is -0.138. The summed E-state index contributed by atoms with van der Waals surface area (Å²) in [6.45, 7) is 0.472. The molecule has 0 aliphatic heterocycles. The molecule has 1 aliphatic rings. The number of carbonyl (C=O) groups is 1. The van der Waals surface area contributed by atoms with Gasteiger partial charge in [0.05, 0.1) is 12.5 Å². The van der Waals surface area contributed by atoms with Crippen LogP contribution in [0.2, 0.25) is 0 Å². The Kier molecular flexibility index (Phi) is 4.44. The zero-order chi connectivity index (χ0) is 17.9. The lowest BCUT2D eigenvalue weighted by Gasteiger charge is -2.08. The number of carboxylic acids is 1. The van der Waals surface area contributed by atoms with E-state index in [1.54, 1.807) is 0 Å². The van der Waals surface area contributed by atoms with Gasteiger partial charge < -0.3 is 9.84 Å². The molecule has 1 aliphatic carbocycles. The monoisotopic (exact) mass is 344 g/mol. The second-order valence-electron chi connectivity index (χ2n) is 6.72. The fraction of sp³-hybridized carbons (Fsp3) is 0.174. The number of carboxylic acid groups (broad SMARTS) is 1. The number of rotatable bonds is 6. The van der Waals surface area contributed by atoms with Crippen LogP contribution >= 0.6 is 0 Å². The molecule has 3 nitrogen and oxygen atoms in total. The molecule has 4 rings (SSSR count). The molecule has 1 N–H and O–H groups in total. The molecule has 1 saturated carbocycles. The first-order valence-electron chi connectivity index (χ1n) is 8.82. The zero-order valence-corrected chi connectivity index (χ0v) is 14.3. The van der Waals surface area contributed by atoms with E-state index in [0.29, 0.717) is 6.61 Å². The van der Waals surface area contributed by atoms with E-state index in [1.807, 2.05) is 42.5 Å². The average Bonchev–Trinajstić information content (AvgIpc) is 3.48. The summed E-state index contributed by atoms with van der Waals surface area (Å²) in [6, 6.07) is 26.8. The number of benzene rings is 3. The molecule has 0 amide bonds. The van der Waals surface area contributed by atoms with Crippen LogP contribution in [-0.4, -0.2) is 17.7 Å². The van der Waals surface area contributed by atoms with E-state index in [4.69, 9.17) is 9.84 Å². The van der Waals surface area contributed by atoms with Crippen LogP contribution < -0.4 is 4.74 Å². The van der Waals surface area contributed by atoms with Gasteiger partial charge in [0.2, 0.25) is 0 Å². The van der Waals surface area contributed by atoms with Crippen molar-refractivity contribution in [3.63, 3.8) is 0 Å². The van der Waals surface area contributed by atoms with Crippen molar-refractivity contribution in [1.29, 1.82) is 0 Å². The Balaban J connectivity index is 1.45. The normalized spacial score (nSPS) is 18.3. The van der Waals surface area contributed by atoms with Crippen LogP contribution in [-0.2, 0) is 4.79 Å². The Morgan fingerprint density at radius 2 is 1.46 bits per heavy atom. The highest BCUT2D eigenvalue weighted by molar-refractivity contribution is 5.74. The fourth-order valence-corrected chi connectivity index (χ4v) is 3.19. The summed E-state index contributed by atoms with van der Waals surface area (Å²) in [6.07, 6.45) is 0.722. The summed E-state index contributed by atoms with van der Waals surface area (Å²) in [5.74, 6) is -0.0130. The molecule has 0 aromatic heterocycles. The lowest BCUT2D eigenvalue weighted by atomic mass is 9.99. The van der Waals surface area contributed by atoms with Crippen molar-refractivity contribution in [2.75, 3.05) is 6.61 Å². The molecule has 26 heavy (non-hydrogen) atoms. The second kappa shape index (κ2) is 7.04. The highest BCUT2D eigenvalue weighted by Crippen LogP contribution is 2.39. The van der Waals surface area contributed by atoms with Crippen LogP contribution in [0.25, 0.3) is 22.3 Å². The molecule has 0 unspecified atom stereocenters. The van der Waals surface area contributed by atoms with Crippen LogP contribution in [0.1, 0.15) is 6.42 Å². The molecular weight excluding hydrogens is 324 g/mol. The molecule has 0 spiro atoms. The van der Waals surface area contributed by atoms with Gasteiger partial charge in [0.1, 0.15) is 5.75 Å². The van der Waals surface area contributed by atoms with E-state index in [1.165, 1.54) is 11.1 Å². The first-order valence-corrected chi connectivity index (χ1v) is 8.82. The van der Waals surface area contributed by atoms with Crippen molar-refractivity contribution >= 4 is 5.97 Å². The zero-order valence-electron chi connectivity index (χ0n) is 14.3. The maximum Gasteiger partial charge on any atom is 0.306 e. The standard InChI is InChI=1S/C23H20O3/c24-23(25)22-14-20(22)15-26-21-11-9-17(10-12-21)19-8-4-7-18(13-19)16-5-2-1-3-6-16/h1-13,20,22H,14-15H2,(H,24,25)/t20-,22+/m0/s1. The highest BCUT2D eigenvalue weighted by atomic mass is 16.5. The minimum Gasteiger partial charge on any atom is -0.493 e. The second-order valence-corrected chi connectivity index (χ2v) is 6.72. The molecule has 3 heteroatoms. The van der Waals surface area contributed by atoms with E-state index >= 15 is 0 Å². The quantitative estimate of drug-likeness (QED) is 0.675. The third-order valence-electron chi connectivity index (χ3n) is 4.86. The summed E-state index contributed by atoms with van der Waals surface area (Å²) in [4.78, 5) is 10.9. The van der Waals surface area contributed by atoms with Gasteiger partial charge in [-0.2, -0.15) is 0 Å². The maximum absolute atomic E-state index is 10.9. The van der Waals surface area contributed by atoms with Gasteiger partial charge in [0.25, 0.3) is 0 Å². The largest absolute Gasteiger partial charge is 0.493 e.